The van der Waals surface area contributed by atoms with Crippen LogP contribution in [0.25, 0.3) is 0 Å². The molecule has 8 nitrogen and oxygen atoms in total. The summed E-state index contributed by atoms with van der Waals surface area (Å²) in [5.74, 6) is 0. The topological polar surface area (TPSA) is 111 Å². The summed E-state index contributed by atoms with van der Waals surface area (Å²) in [5.41, 5.74) is -0.517. The molecule has 1 aliphatic rings. The molecule has 2 N–H and O–H groups in total. The van der Waals surface area contributed by atoms with Crippen LogP contribution in [0.4, 0.5) is 5.69 Å². The molecule has 2 rings (SSSR count). The quantitative estimate of drug-likeness (QED) is 0.569. The summed E-state index contributed by atoms with van der Waals surface area (Å²) in [4.78, 5) is 9.62. The first-order chi connectivity index (χ1) is 10.8. The Labute approximate surface area is 143 Å². The van der Waals surface area contributed by atoms with Gasteiger partial charge in [0.15, 0.2) is 0 Å². The Bertz CT molecular complexity index is 692. The molecule has 0 amide bonds. The predicted molar refractivity (Wildman–Crippen MR) is 85.5 cm³/mol. The molecule has 1 heterocycles. The molecule has 0 radical (unpaired) electrons. The number of nitro benzene ring substituents is 1. The molecule has 0 saturated carbocycles. The van der Waals surface area contributed by atoms with E-state index in [0.717, 1.165) is 18.7 Å². The SMILES string of the molecule is O=[N+]([O-])c1ccc(Cl)c(S(=O)(=O)NCCC2CNCCO2)c1Cl. The molecular weight excluding hydrogens is 369 g/mol. The summed E-state index contributed by atoms with van der Waals surface area (Å²) >= 11 is 11.7. The van der Waals surface area contributed by atoms with Gasteiger partial charge in [0, 0.05) is 25.7 Å². The molecule has 0 aromatic heterocycles. The fraction of sp³-hybridized carbons (Fsp3) is 0.500. The molecule has 128 valence electrons. The van der Waals surface area contributed by atoms with Gasteiger partial charge in [-0.2, -0.15) is 0 Å². The van der Waals surface area contributed by atoms with E-state index < -0.39 is 30.6 Å². The van der Waals surface area contributed by atoms with Crippen LogP contribution in [0.1, 0.15) is 6.42 Å². The van der Waals surface area contributed by atoms with Gasteiger partial charge in [-0.1, -0.05) is 23.2 Å². The van der Waals surface area contributed by atoms with Crippen molar-refractivity contribution in [3.8, 4) is 0 Å². The van der Waals surface area contributed by atoms with E-state index in [9.17, 15) is 18.5 Å². The van der Waals surface area contributed by atoms with Gasteiger partial charge >= 0.3 is 0 Å². The number of halogens is 2. The van der Waals surface area contributed by atoms with Gasteiger partial charge in [0.1, 0.15) is 9.92 Å². The third kappa shape index (κ3) is 4.52. The highest BCUT2D eigenvalue weighted by atomic mass is 35.5. The maximum Gasteiger partial charge on any atom is 0.289 e. The molecule has 1 aromatic carbocycles. The van der Waals surface area contributed by atoms with Crippen LogP contribution in [0.5, 0.6) is 0 Å². The number of nitro groups is 1. The van der Waals surface area contributed by atoms with Crippen LogP contribution >= 0.6 is 23.2 Å². The average Bonchev–Trinajstić information content (AvgIpc) is 2.47. The second-order valence-electron chi connectivity index (χ2n) is 4.85. The Morgan fingerprint density at radius 1 is 1.43 bits per heavy atom. The van der Waals surface area contributed by atoms with Crippen molar-refractivity contribution in [3.63, 3.8) is 0 Å². The summed E-state index contributed by atoms with van der Waals surface area (Å²) in [6.45, 7) is 2.07. The van der Waals surface area contributed by atoms with Crippen molar-refractivity contribution < 1.29 is 18.1 Å². The molecule has 23 heavy (non-hydrogen) atoms. The Morgan fingerprint density at radius 3 is 2.78 bits per heavy atom. The van der Waals surface area contributed by atoms with Crippen LogP contribution < -0.4 is 10.0 Å². The van der Waals surface area contributed by atoms with Gasteiger partial charge in [0.2, 0.25) is 10.0 Å². The Hall–Kier alpha value is -0.970. The minimum absolute atomic E-state index is 0.0949. The van der Waals surface area contributed by atoms with Crippen molar-refractivity contribution in [2.45, 2.75) is 17.4 Å². The normalized spacial score (nSPS) is 18.8. The summed E-state index contributed by atoms with van der Waals surface area (Å²) in [5, 5.41) is 13.3. The molecule has 0 spiro atoms. The number of nitrogens with one attached hydrogen (secondary N) is 2. The molecule has 1 unspecified atom stereocenters. The third-order valence-electron chi connectivity index (χ3n) is 3.26. The Kier molecular flexibility index (Phi) is 6.18. The van der Waals surface area contributed by atoms with Crippen LogP contribution in [-0.2, 0) is 14.8 Å². The maximum absolute atomic E-state index is 12.3. The zero-order valence-corrected chi connectivity index (χ0v) is 14.2. The van der Waals surface area contributed by atoms with Crippen molar-refractivity contribution >= 4 is 38.9 Å². The van der Waals surface area contributed by atoms with Crippen LogP contribution in [0.15, 0.2) is 17.0 Å². The van der Waals surface area contributed by atoms with Crippen LogP contribution in [0, 0.1) is 10.1 Å². The van der Waals surface area contributed by atoms with Crippen molar-refractivity contribution in [2.24, 2.45) is 0 Å². The van der Waals surface area contributed by atoms with E-state index in [1.54, 1.807) is 0 Å². The van der Waals surface area contributed by atoms with E-state index in [1.165, 1.54) is 0 Å². The largest absolute Gasteiger partial charge is 0.376 e. The first kappa shape index (κ1) is 18.4. The zero-order valence-electron chi connectivity index (χ0n) is 11.9. The predicted octanol–water partition coefficient (Wildman–Crippen LogP) is 1.56. The van der Waals surface area contributed by atoms with E-state index in [-0.39, 0.29) is 17.7 Å². The highest BCUT2D eigenvalue weighted by Crippen LogP contribution is 2.36. The standard InChI is InChI=1S/C12H15Cl2N3O5S/c13-9-1-2-10(17(18)19)11(14)12(9)23(20,21)16-4-3-8-7-15-5-6-22-8/h1-2,8,15-16H,3-7H2. The molecule has 11 heteroatoms. The van der Waals surface area contributed by atoms with Gasteiger partial charge < -0.3 is 10.1 Å². The smallest absolute Gasteiger partial charge is 0.289 e. The fourth-order valence-electron chi connectivity index (χ4n) is 2.14. The van der Waals surface area contributed by atoms with Gasteiger partial charge in [-0.3, -0.25) is 10.1 Å². The lowest BCUT2D eigenvalue weighted by Gasteiger charge is -2.23. The summed E-state index contributed by atoms with van der Waals surface area (Å²) < 4.78 is 32.5. The number of benzene rings is 1. The third-order valence-corrected chi connectivity index (χ3v) is 5.72. The number of nitrogens with zero attached hydrogens (tertiary/aromatic N) is 1. The molecule has 1 atom stereocenters. The number of hydrogen-bond acceptors (Lipinski definition) is 6. The Morgan fingerprint density at radius 2 is 2.17 bits per heavy atom. The molecular formula is C12H15Cl2N3O5S. The second kappa shape index (κ2) is 7.73. The Balaban J connectivity index is 2.12. The van der Waals surface area contributed by atoms with Crippen molar-refractivity contribution in [2.75, 3.05) is 26.2 Å². The molecule has 1 aromatic rings. The number of rotatable bonds is 6. The molecule has 0 aliphatic carbocycles. The molecule has 0 bridgehead atoms. The van der Waals surface area contributed by atoms with Gasteiger partial charge in [0.25, 0.3) is 5.69 Å². The first-order valence-electron chi connectivity index (χ1n) is 6.77. The summed E-state index contributed by atoms with van der Waals surface area (Å²) in [6, 6.07) is 2.19. The average molecular weight is 384 g/mol. The molecule has 1 saturated heterocycles. The van der Waals surface area contributed by atoms with E-state index in [2.05, 4.69) is 10.0 Å². The number of ether oxygens (including phenoxy) is 1. The van der Waals surface area contributed by atoms with E-state index in [1.807, 2.05) is 0 Å². The first-order valence-corrected chi connectivity index (χ1v) is 9.01. The van der Waals surface area contributed by atoms with Crippen LogP contribution in [-0.4, -0.2) is 45.7 Å². The van der Waals surface area contributed by atoms with Crippen molar-refractivity contribution in [1.82, 2.24) is 10.0 Å². The highest BCUT2D eigenvalue weighted by Gasteiger charge is 2.28. The minimum atomic E-state index is -4.07. The van der Waals surface area contributed by atoms with Gasteiger partial charge in [-0.05, 0) is 12.5 Å². The van der Waals surface area contributed by atoms with Crippen LogP contribution in [0.2, 0.25) is 10.0 Å². The fourth-order valence-corrected chi connectivity index (χ4v) is 4.39. The lowest BCUT2D eigenvalue weighted by Crippen LogP contribution is -2.40. The molecule has 1 aliphatic heterocycles. The highest BCUT2D eigenvalue weighted by molar-refractivity contribution is 7.89. The van der Waals surface area contributed by atoms with Crippen molar-refractivity contribution in [3.05, 3.63) is 32.3 Å². The number of hydrogen-bond donors (Lipinski definition) is 2. The molecule has 1 fully saturated rings. The van der Waals surface area contributed by atoms with Gasteiger partial charge in [-0.15, -0.1) is 0 Å². The van der Waals surface area contributed by atoms with E-state index in [4.69, 9.17) is 27.9 Å². The lowest BCUT2D eigenvalue weighted by atomic mass is 10.2. The summed E-state index contributed by atoms with van der Waals surface area (Å²) in [6.07, 6.45) is 0.360. The van der Waals surface area contributed by atoms with Crippen LogP contribution in [0.3, 0.4) is 0 Å². The second-order valence-corrected chi connectivity index (χ2v) is 7.34. The monoisotopic (exact) mass is 383 g/mol. The van der Waals surface area contributed by atoms with Gasteiger partial charge in [0.05, 0.1) is 22.7 Å². The lowest BCUT2D eigenvalue weighted by molar-refractivity contribution is -0.384. The zero-order chi connectivity index (χ0) is 17.0. The number of morpholine rings is 1. The van der Waals surface area contributed by atoms with E-state index >= 15 is 0 Å². The minimum Gasteiger partial charge on any atom is -0.376 e. The van der Waals surface area contributed by atoms with Gasteiger partial charge in [-0.25, -0.2) is 13.1 Å². The van der Waals surface area contributed by atoms with E-state index in [0.29, 0.717) is 19.6 Å². The maximum atomic E-state index is 12.3. The van der Waals surface area contributed by atoms with Crippen molar-refractivity contribution in [1.29, 1.82) is 0 Å². The number of sulfonamides is 1. The summed E-state index contributed by atoms with van der Waals surface area (Å²) in [7, 11) is -4.07.